The van der Waals surface area contributed by atoms with Gasteiger partial charge < -0.3 is 9.47 Å². The van der Waals surface area contributed by atoms with Crippen LogP contribution in [-0.4, -0.2) is 21.3 Å². The molecule has 0 heterocycles. The van der Waals surface area contributed by atoms with E-state index in [0.29, 0.717) is 13.2 Å². The van der Waals surface area contributed by atoms with Crippen molar-refractivity contribution in [2.75, 3.05) is 13.2 Å². The van der Waals surface area contributed by atoms with E-state index in [1.54, 1.807) is 0 Å². The topological polar surface area (TPSA) is 18.5 Å². The van der Waals surface area contributed by atoms with E-state index in [-0.39, 0.29) is 0 Å². The molecule has 4 heteroatoms. The van der Waals surface area contributed by atoms with Gasteiger partial charge in [0, 0.05) is 21.3 Å². The molecular formula is C43H65IO2Si. The van der Waals surface area contributed by atoms with Crippen molar-refractivity contribution in [2.24, 2.45) is 0 Å². The van der Waals surface area contributed by atoms with Crippen molar-refractivity contribution in [1.29, 1.82) is 0 Å². The van der Waals surface area contributed by atoms with Gasteiger partial charge in [-0.2, -0.15) is 0 Å². The number of hydrogen-bond acceptors (Lipinski definition) is 2. The van der Waals surface area contributed by atoms with Crippen LogP contribution in [0.1, 0.15) is 159 Å². The lowest BCUT2D eigenvalue weighted by Crippen LogP contribution is -2.16. The highest BCUT2D eigenvalue weighted by Crippen LogP contribution is 2.29. The number of rotatable bonds is 24. The lowest BCUT2D eigenvalue weighted by atomic mass is 10.1. The second-order valence-corrected chi connectivity index (χ2v) is 20.2. The number of unbranched alkanes of at least 4 members (excludes halogenated alkanes) is 18. The van der Waals surface area contributed by atoms with Crippen LogP contribution in [-0.2, 0) is 0 Å². The fraction of sp³-hybridized carbons (Fsp3) is 0.628. The Balaban J connectivity index is 2.06. The van der Waals surface area contributed by atoms with Gasteiger partial charge in [0.1, 0.15) is 19.6 Å². The zero-order valence-electron chi connectivity index (χ0n) is 30.7. The molecule has 0 radical (unpaired) electrons. The van der Waals surface area contributed by atoms with Crippen molar-refractivity contribution in [2.45, 2.75) is 162 Å². The Morgan fingerprint density at radius 3 is 1.30 bits per heavy atom. The van der Waals surface area contributed by atoms with Crippen LogP contribution in [0.2, 0.25) is 19.6 Å². The highest BCUT2D eigenvalue weighted by atomic mass is 127. The van der Waals surface area contributed by atoms with Crippen LogP contribution in [0.15, 0.2) is 36.4 Å². The molecule has 0 aliphatic carbocycles. The maximum atomic E-state index is 6.44. The Morgan fingerprint density at radius 1 is 0.511 bits per heavy atom. The lowest BCUT2D eigenvalue weighted by molar-refractivity contribution is 0.295. The Hall–Kier alpha value is -1.89. The summed E-state index contributed by atoms with van der Waals surface area (Å²) in [6, 6.07) is 12.5. The molecule has 260 valence electrons. The molecule has 0 N–H and O–H groups in total. The smallest absolute Gasteiger partial charge is 0.136 e. The van der Waals surface area contributed by atoms with E-state index in [0.717, 1.165) is 41.0 Å². The highest BCUT2D eigenvalue weighted by molar-refractivity contribution is 14.1. The first-order valence-electron chi connectivity index (χ1n) is 19.1. The normalized spacial score (nSPS) is 11.0. The Bertz CT molecular complexity index is 1220. The fourth-order valence-electron chi connectivity index (χ4n) is 5.46. The van der Waals surface area contributed by atoms with E-state index in [4.69, 9.17) is 9.47 Å². The fourth-order valence-corrected chi connectivity index (χ4v) is 6.33. The molecule has 2 aromatic carbocycles. The predicted molar refractivity (Wildman–Crippen MR) is 216 cm³/mol. The first kappa shape index (κ1) is 41.3. The van der Waals surface area contributed by atoms with Crippen molar-refractivity contribution in [1.82, 2.24) is 0 Å². The summed E-state index contributed by atoms with van der Waals surface area (Å²) in [6.45, 7) is 12.8. The van der Waals surface area contributed by atoms with Gasteiger partial charge in [0.25, 0.3) is 0 Å². The third-order valence-electron chi connectivity index (χ3n) is 8.35. The van der Waals surface area contributed by atoms with Gasteiger partial charge in [-0.15, -0.1) is 5.54 Å². The standard InChI is InChI=1S/C43H65IO2Si/c1-6-8-10-12-14-16-18-20-22-24-33-45-42-37-40(32-35-47(3,4)5)43(36-39(42)29-26-38-27-30-41(44)31-28-38)46-34-25-23-21-19-17-15-13-11-9-7-2/h27-28,30-31,36-37H,6-25,33-34H2,1-5H3. The maximum absolute atomic E-state index is 6.44. The summed E-state index contributed by atoms with van der Waals surface area (Å²) in [5, 5.41) is 0. The molecule has 47 heavy (non-hydrogen) atoms. The minimum Gasteiger partial charge on any atom is -0.492 e. The first-order valence-corrected chi connectivity index (χ1v) is 23.6. The van der Waals surface area contributed by atoms with Crippen LogP contribution in [0, 0.1) is 26.9 Å². The molecule has 2 rings (SSSR count). The van der Waals surface area contributed by atoms with Crippen LogP contribution in [0.5, 0.6) is 11.5 Å². The minimum atomic E-state index is -1.57. The molecular weight excluding hydrogens is 703 g/mol. The van der Waals surface area contributed by atoms with Gasteiger partial charge in [-0.3, -0.25) is 0 Å². The van der Waals surface area contributed by atoms with Crippen molar-refractivity contribution >= 4 is 30.7 Å². The maximum Gasteiger partial charge on any atom is 0.136 e. The van der Waals surface area contributed by atoms with Crippen molar-refractivity contribution in [3.8, 4) is 34.8 Å². The van der Waals surface area contributed by atoms with E-state index in [1.165, 1.54) is 119 Å². The molecule has 0 unspecified atom stereocenters. The van der Waals surface area contributed by atoms with Crippen LogP contribution in [0.25, 0.3) is 0 Å². The highest BCUT2D eigenvalue weighted by Gasteiger charge is 2.13. The Kier molecular flexibility index (Phi) is 22.9. The Morgan fingerprint density at radius 2 is 0.894 bits per heavy atom. The minimum absolute atomic E-state index is 0.703. The van der Waals surface area contributed by atoms with Gasteiger partial charge >= 0.3 is 0 Å². The molecule has 0 atom stereocenters. The summed E-state index contributed by atoms with van der Waals surface area (Å²) in [5.74, 6) is 11.9. The zero-order valence-corrected chi connectivity index (χ0v) is 33.9. The number of halogens is 1. The molecule has 0 fully saturated rings. The zero-order chi connectivity index (χ0) is 34.0. The van der Waals surface area contributed by atoms with E-state index in [2.05, 4.69) is 116 Å². The van der Waals surface area contributed by atoms with Crippen molar-refractivity contribution in [3.05, 3.63) is 56.7 Å². The molecule has 0 saturated heterocycles. The summed E-state index contributed by atoms with van der Waals surface area (Å²) in [6.07, 6.45) is 26.3. The lowest BCUT2D eigenvalue weighted by Gasteiger charge is -2.14. The molecule has 0 amide bonds. The van der Waals surface area contributed by atoms with E-state index < -0.39 is 8.07 Å². The van der Waals surface area contributed by atoms with Crippen LogP contribution >= 0.6 is 22.6 Å². The molecule has 0 aliphatic heterocycles. The van der Waals surface area contributed by atoms with Gasteiger partial charge in [0.15, 0.2) is 0 Å². The summed E-state index contributed by atoms with van der Waals surface area (Å²) in [7, 11) is -1.57. The monoisotopic (exact) mass is 768 g/mol. The third kappa shape index (κ3) is 20.9. The predicted octanol–water partition coefficient (Wildman–Crippen LogP) is 13.5. The molecule has 0 bridgehead atoms. The SMILES string of the molecule is CCCCCCCCCCCCOc1cc(C#C[Si](C)(C)C)c(OCCCCCCCCCCCC)cc1C#Cc1ccc(I)cc1. The molecule has 0 aliphatic rings. The van der Waals surface area contributed by atoms with Gasteiger partial charge in [-0.25, -0.2) is 0 Å². The van der Waals surface area contributed by atoms with E-state index >= 15 is 0 Å². The quantitative estimate of drug-likeness (QED) is 0.0458. The van der Waals surface area contributed by atoms with E-state index in [1.807, 2.05) is 0 Å². The first-order chi connectivity index (χ1) is 22.8. The molecule has 0 spiro atoms. The summed E-state index contributed by atoms with van der Waals surface area (Å²) in [4.78, 5) is 0. The summed E-state index contributed by atoms with van der Waals surface area (Å²) >= 11 is 2.33. The largest absolute Gasteiger partial charge is 0.492 e. The van der Waals surface area contributed by atoms with Crippen molar-refractivity contribution in [3.63, 3.8) is 0 Å². The summed E-state index contributed by atoms with van der Waals surface area (Å²) < 4.78 is 14.1. The summed E-state index contributed by atoms with van der Waals surface area (Å²) in [5.41, 5.74) is 6.37. The average Bonchev–Trinajstić information content (AvgIpc) is 3.05. The van der Waals surface area contributed by atoms with Gasteiger partial charge in [-0.05, 0) is 59.7 Å². The molecule has 2 aromatic rings. The molecule has 0 aromatic heterocycles. The number of hydrogen-bond donors (Lipinski definition) is 0. The number of benzene rings is 2. The second kappa shape index (κ2) is 26.0. The Labute approximate surface area is 305 Å². The van der Waals surface area contributed by atoms with E-state index in [9.17, 15) is 0 Å². The van der Waals surface area contributed by atoms with Gasteiger partial charge in [0.2, 0.25) is 0 Å². The average molecular weight is 769 g/mol. The second-order valence-electron chi connectivity index (χ2n) is 14.2. The van der Waals surface area contributed by atoms with Crippen LogP contribution in [0.4, 0.5) is 0 Å². The van der Waals surface area contributed by atoms with Gasteiger partial charge in [-0.1, -0.05) is 167 Å². The van der Waals surface area contributed by atoms with Crippen LogP contribution in [0.3, 0.4) is 0 Å². The van der Waals surface area contributed by atoms with Crippen molar-refractivity contribution < 1.29 is 9.47 Å². The van der Waals surface area contributed by atoms with Gasteiger partial charge in [0.05, 0.1) is 24.3 Å². The molecule has 2 nitrogen and oxygen atoms in total. The third-order valence-corrected chi connectivity index (χ3v) is 9.94. The molecule has 0 saturated carbocycles. The number of ether oxygens (including phenoxy) is 2. The van der Waals surface area contributed by atoms with Crippen LogP contribution < -0.4 is 9.47 Å².